The molecule has 2 heterocycles. The van der Waals surface area contributed by atoms with Crippen molar-refractivity contribution in [3.8, 4) is 0 Å². The maximum absolute atomic E-state index is 12.3. The van der Waals surface area contributed by atoms with Crippen molar-refractivity contribution in [2.45, 2.75) is 25.9 Å². The number of amides is 2. The van der Waals surface area contributed by atoms with Crippen LogP contribution >= 0.6 is 0 Å². The Morgan fingerprint density at radius 3 is 3.12 bits per heavy atom. The zero-order valence-electron chi connectivity index (χ0n) is 14.1. The quantitative estimate of drug-likeness (QED) is 0.558. The molecule has 0 unspecified atom stereocenters. The Balaban J connectivity index is 1.63. The van der Waals surface area contributed by atoms with Gasteiger partial charge in [-0.3, -0.25) is 0 Å². The summed E-state index contributed by atoms with van der Waals surface area (Å²) >= 11 is 0. The third-order valence-electron chi connectivity index (χ3n) is 3.72. The molecule has 0 fully saturated rings. The van der Waals surface area contributed by atoms with Gasteiger partial charge >= 0.3 is 6.03 Å². The molecule has 0 spiro atoms. The highest BCUT2D eigenvalue weighted by atomic mass is 16.5. The minimum Gasteiger partial charge on any atom is -0.385 e. The molecule has 0 saturated carbocycles. The number of hydrogen-bond acceptors (Lipinski definition) is 6. The van der Waals surface area contributed by atoms with E-state index in [1.54, 1.807) is 25.6 Å². The van der Waals surface area contributed by atoms with Gasteiger partial charge < -0.3 is 19.9 Å². The highest BCUT2D eigenvalue weighted by Gasteiger charge is 2.16. The molecule has 1 aromatic carbocycles. The van der Waals surface area contributed by atoms with Crippen LogP contribution in [-0.4, -0.2) is 49.9 Å². The zero-order valence-corrected chi connectivity index (χ0v) is 14.1. The molecule has 2 aromatic heterocycles. The summed E-state index contributed by atoms with van der Waals surface area (Å²) in [6.07, 6.45) is 2.49. The normalized spacial score (nSPS) is 12.2. The summed E-state index contributed by atoms with van der Waals surface area (Å²) < 4.78 is 6.96. The van der Waals surface area contributed by atoms with Crippen LogP contribution in [0.5, 0.6) is 0 Å². The van der Waals surface area contributed by atoms with Crippen molar-refractivity contribution >= 4 is 22.8 Å². The first-order chi connectivity index (χ1) is 12.2. The average molecular weight is 344 g/mol. The summed E-state index contributed by atoms with van der Waals surface area (Å²) in [5.74, 6) is 0.686. The lowest BCUT2D eigenvalue weighted by Gasteiger charge is -2.15. The predicted octanol–water partition coefficient (Wildman–Crippen LogP) is 1.47. The number of urea groups is 1. The van der Waals surface area contributed by atoms with E-state index in [0.717, 1.165) is 13.0 Å². The molecule has 10 heteroatoms. The number of anilines is 1. The molecule has 25 heavy (non-hydrogen) atoms. The fraction of sp³-hybridized carbons (Fsp3) is 0.400. The van der Waals surface area contributed by atoms with Crippen molar-refractivity contribution < 1.29 is 9.53 Å². The number of hydrogen-bond donors (Lipinski definition) is 3. The Morgan fingerprint density at radius 1 is 1.40 bits per heavy atom. The SMILES string of the molecule is COCCCn1cnnc1[C@@H](C)NC(=O)Nc1cccc2n[nH]nc12. The lowest BCUT2D eigenvalue weighted by molar-refractivity contribution is 0.189. The van der Waals surface area contributed by atoms with Gasteiger partial charge in [0.2, 0.25) is 0 Å². The van der Waals surface area contributed by atoms with Gasteiger partial charge in [-0.15, -0.1) is 10.2 Å². The first kappa shape index (κ1) is 16.8. The van der Waals surface area contributed by atoms with E-state index in [9.17, 15) is 4.79 Å². The fourth-order valence-electron chi connectivity index (χ4n) is 2.54. The highest BCUT2D eigenvalue weighted by Crippen LogP contribution is 2.19. The number of para-hydroxylation sites is 1. The minimum absolute atomic E-state index is 0.304. The van der Waals surface area contributed by atoms with Crippen LogP contribution in [0.4, 0.5) is 10.5 Å². The van der Waals surface area contributed by atoms with Crippen LogP contribution in [0.1, 0.15) is 25.2 Å². The van der Waals surface area contributed by atoms with Gasteiger partial charge in [0.1, 0.15) is 17.4 Å². The molecule has 3 aromatic rings. The Kier molecular flexibility index (Phi) is 5.19. The van der Waals surface area contributed by atoms with Crippen molar-refractivity contribution in [2.24, 2.45) is 0 Å². The first-order valence-corrected chi connectivity index (χ1v) is 7.92. The number of benzene rings is 1. The number of rotatable bonds is 7. The fourth-order valence-corrected chi connectivity index (χ4v) is 2.54. The van der Waals surface area contributed by atoms with Crippen molar-refractivity contribution in [1.82, 2.24) is 35.5 Å². The Bertz CT molecular complexity index is 843. The summed E-state index contributed by atoms with van der Waals surface area (Å²) in [5.41, 5.74) is 1.87. The van der Waals surface area contributed by atoms with Crippen LogP contribution in [0.2, 0.25) is 0 Å². The summed E-state index contributed by atoms with van der Waals surface area (Å²) in [4.78, 5) is 12.3. The van der Waals surface area contributed by atoms with Crippen molar-refractivity contribution in [1.29, 1.82) is 0 Å². The van der Waals surface area contributed by atoms with Gasteiger partial charge in [-0.2, -0.15) is 15.4 Å². The number of aromatic amines is 1. The summed E-state index contributed by atoms with van der Waals surface area (Å²) in [7, 11) is 1.66. The molecule has 0 saturated heterocycles. The smallest absolute Gasteiger partial charge is 0.319 e. The van der Waals surface area contributed by atoms with Crippen LogP contribution < -0.4 is 10.6 Å². The van der Waals surface area contributed by atoms with Gasteiger partial charge in [0.05, 0.1) is 11.7 Å². The van der Waals surface area contributed by atoms with Crippen molar-refractivity contribution in [3.05, 3.63) is 30.4 Å². The summed E-state index contributed by atoms with van der Waals surface area (Å²) in [6, 6.07) is 4.72. The second kappa shape index (κ2) is 7.71. The maximum Gasteiger partial charge on any atom is 0.319 e. The number of nitrogens with zero attached hydrogens (tertiary/aromatic N) is 5. The van der Waals surface area contributed by atoms with Gasteiger partial charge in [-0.25, -0.2) is 4.79 Å². The molecule has 10 nitrogen and oxygen atoms in total. The van der Waals surface area contributed by atoms with E-state index in [1.807, 2.05) is 17.6 Å². The number of ether oxygens (including phenoxy) is 1. The molecule has 0 aliphatic carbocycles. The highest BCUT2D eigenvalue weighted by molar-refractivity contribution is 5.98. The van der Waals surface area contributed by atoms with E-state index in [2.05, 4.69) is 36.2 Å². The number of carbonyl (C=O) groups is 1. The minimum atomic E-state index is -0.352. The number of fused-ring (bicyclic) bond motifs is 1. The second-order valence-corrected chi connectivity index (χ2v) is 5.55. The topological polar surface area (TPSA) is 123 Å². The van der Waals surface area contributed by atoms with E-state index in [4.69, 9.17) is 4.74 Å². The van der Waals surface area contributed by atoms with Gasteiger partial charge in [-0.1, -0.05) is 6.07 Å². The number of H-pyrrole nitrogens is 1. The molecular weight excluding hydrogens is 324 g/mol. The number of aryl methyl sites for hydroxylation is 1. The summed E-state index contributed by atoms with van der Waals surface area (Å²) in [5, 5.41) is 24.2. The third-order valence-corrected chi connectivity index (χ3v) is 3.72. The lowest BCUT2D eigenvalue weighted by atomic mass is 10.2. The predicted molar refractivity (Wildman–Crippen MR) is 91.0 cm³/mol. The molecule has 3 rings (SSSR count). The zero-order chi connectivity index (χ0) is 17.6. The van der Waals surface area contributed by atoms with Crippen LogP contribution in [0.3, 0.4) is 0 Å². The van der Waals surface area contributed by atoms with Gasteiger partial charge in [-0.05, 0) is 25.5 Å². The molecular formula is C15H20N8O2. The van der Waals surface area contributed by atoms with Crippen molar-refractivity contribution in [2.75, 3.05) is 19.0 Å². The monoisotopic (exact) mass is 344 g/mol. The maximum atomic E-state index is 12.3. The van der Waals surface area contributed by atoms with Crippen LogP contribution in [0.25, 0.3) is 11.0 Å². The number of nitrogens with one attached hydrogen (secondary N) is 3. The third kappa shape index (κ3) is 3.91. The van der Waals surface area contributed by atoms with E-state index >= 15 is 0 Å². The van der Waals surface area contributed by atoms with E-state index in [-0.39, 0.29) is 12.1 Å². The first-order valence-electron chi connectivity index (χ1n) is 7.92. The second-order valence-electron chi connectivity index (χ2n) is 5.55. The number of carbonyl (C=O) groups excluding carboxylic acids is 1. The van der Waals surface area contributed by atoms with Gasteiger partial charge in [0, 0.05) is 20.3 Å². The van der Waals surface area contributed by atoms with Crippen LogP contribution in [0, 0.1) is 0 Å². The Labute approximate surface area is 144 Å². The Hall–Kier alpha value is -3.01. The number of aromatic nitrogens is 6. The molecule has 0 bridgehead atoms. The molecule has 0 aliphatic rings. The van der Waals surface area contributed by atoms with Gasteiger partial charge in [0.15, 0.2) is 5.82 Å². The summed E-state index contributed by atoms with van der Waals surface area (Å²) in [6.45, 7) is 3.23. The van der Waals surface area contributed by atoms with E-state index < -0.39 is 0 Å². The standard InChI is InChI=1S/C15H20N8O2/c1-10(14-21-16-9-23(14)7-4-8-25-2)17-15(24)18-11-5-3-6-12-13(11)20-22-19-12/h3,5-6,9-10H,4,7-8H2,1-2H3,(H2,17,18,24)(H,19,20,22)/t10-/m1/s1. The molecule has 132 valence electrons. The molecule has 3 N–H and O–H groups in total. The molecule has 1 atom stereocenters. The van der Waals surface area contributed by atoms with Crippen molar-refractivity contribution in [3.63, 3.8) is 0 Å². The Morgan fingerprint density at radius 2 is 2.28 bits per heavy atom. The number of methoxy groups -OCH3 is 1. The molecule has 2 amide bonds. The lowest BCUT2D eigenvalue weighted by Crippen LogP contribution is -2.32. The largest absolute Gasteiger partial charge is 0.385 e. The van der Waals surface area contributed by atoms with Crippen LogP contribution in [0.15, 0.2) is 24.5 Å². The van der Waals surface area contributed by atoms with Crippen LogP contribution in [-0.2, 0) is 11.3 Å². The van der Waals surface area contributed by atoms with Gasteiger partial charge in [0.25, 0.3) is 0 Å². The van der Waals surface area contributed by atoms with E-state index in [0.29, 0.717) is 29.2 Å². The van der Waals surface area contributed by atoms with E-state index in [1.165, 1.54) is 0 Å². The average Bonchev–Trinajstić information content (AvgIpc) is 3.24. The molecule has 0 aliphatic heterocycles. The molecule has 0 radical (unpaired) electrons.